The molecule has 0 radical (unpaired) electrons. The van der Waals surface area contributed by atoms with Crippen LogP contribution < -0.4 is 10.6 Å². The predicted molar refractivity (Wildman–Crippen MR) is 173 cm³/mol. The molecule has 44 heavy (non-hydrogen) atoms. The van der Waals surface area contributed by atoms with Crippen LogP contribution in [0.3, 0.4) is 0 Å². The highest BCUT2D eigenvalue weighted by Gasteiger charge is 2.39. The van der Waals surface area contributed by atoms with Crippen molar-refractivity contribution in [3.63, 3.8) is 0 Å². The average Bonchev–Trinajstić information content (AvgIpc) is 3.51. The molecule has 13 heteroatoms. The maximum atomic E-state index is 14.9. The molecule has 5 heterocycles. The van der Waals surface area contributed by atoms with Crippen molar-refractivity contribution in [2.24, 2.45) is 22.9 Å². The Morgan fingerprint density at radius 2 is 1.95 bits per heavy atom. The highest BCUT2D eigenvalue weighted by molar-refractivity contribution is 7.99. The van der Waals surface area contributed by atoms with E-state index in [0.717, 1.165) is 16.9 Å². The van der Waals surface area contributed by atoms with E-state index in [0.29, 0.717) is 50.4 Å². The molecule has 0 fully saturated rings. The Morgan fingerprint density at radius 1 is 1.20 bits per heavy atom. The highest BCUT2D eigenvalue weighted by atomic mass is 35.5. The fraction of sp³-hybridized carbons (Fsp3) is 0.387. The Bertz CT molecular complexity index is 1850. The number of thiophene rings is 1. The van der Waals surface area contributed by atoms with E-state index in [9.17, 15) is 18.0 Å². The van der Waals surface area contributed by atoms with Gasteiger partial charge < -0.3 is 4.90 Å². The molecule has 0 amide bonds. The maximum absolute atomic E-state index is 14.9. The molecule has 2 aliphatic rings. The summed E-state index contributed by atoms with van der Waals surface area (Å²) >= 11 is 8.71. The Balaban J connectivity index is 1.62. The molecule has 230 valence electrons. The maximum Gasteiger partial charge on any atom is 0.417 e. The first kappa shape index (κ1) is 30.8. The SMILES string of the molecule is CC(C)CN(CC(C)C)c1nc(=O)n2c3c(c(-c4cc(Cl)cs4)c(C(F)(F)F)cc13)SCC(/C=[N+]1\N=Cc3cccnc31)C2. The van der Waals surface area contributed by atoms with Gasteiger partial charge >= 0.3 is 17.7 Å². The third-order valence-corrected chi connectivity index (χ3v) is 9.93. The van der Waals surface area contributed by atoms with Crippen LogP contribution in [0.15, 0.2) is 50.6 Å². The molecule has 7 nitrogen and oxygen atoms in total. The molecule has 3 aromatic heterocycles. The van der Waals surface area contributed by atoms with Gasteiger partial charge in [0.15, 0.2) is 0 Å². The summed E-state index contributed by atoms with van der Waals surface area (Å²) in [6, 6.07) is 6.48. The Kier molecular flexibility index (Phi) is 8.36. The Morgan fingerprint density at radius 3 is 2.61 bits per heavy atom. The number of pyridine rings is 1. The van der Waals surface area contributed by atoms with Crippen LogP contribution in [0.1, 0.15) is 38.8 Å². The minimum Gasteiger partial charge on any atom is -0.355 e. The number of nitrogens with zero attached hydrogens (tertiary/aromatic N) is 6. The van der Waals surface area contributed by atoms with E-state index in [1.165, 1.54) is 22.4 Å². The Labute approximate surface area is 266 Å². The molecule has 4 aromatic rings. The smallest absolute Gasteiger partial charge is 0.355 e. The summed E-state index contributed by atoms with van der Waals surface area (Å²) in [5, 5.41) is 6.77. The topological polar surface area (TPSA) is 66.4 Å². The molecule has 1 unspecified atom stereocenters. The summed E-state index contributed by atoms with van der Waals surface area (Å²) in [4.78, 5) is 25.6. The third kappa shape index (κ3) is 5.91. The van der Waals surface area contributed by atoms with Crippen LogP contribution in [-0.4, -0.2) is 50.5 Å². The first-order valence-corrected chi connectivity index (χ1v) is 16.6. The van der Waals surface area contributed by atoms with E-state index in [2.05, 4.69) is 15.1 Å². The van der Waals surface area contributed by atoms with Crippen molar-refractivity contribution in [1.29, 1.82) is 0 Å². The normalized spacial score (nSPS) is 17.2. The van der Waals surface area contributed by atoms with Crippen molar-refractivity contribution in [2.75, 3.05) is 23.7 Å². The summed E-state index contributed by atoms with van der Waals surface area (Å²) in [7, 11) is 0. The molecule has 6 rings (SSSR count). The molecular formula is C31H31ClF3N6OS2+. The zero-order chi connectivity index (χ0) is 31.3. The fourth-order valence-corrected chi connectivity index (χ4v) is 8.24. The Hall–Kier alpha value is -3.22. The number of aromatic nitrogens is 3. The van der Waals surface area contributed by atoms with E-state index in [1.807, 2.05) is 50.9 Å². The van der Waals surface area contributed by atoms with Crippen molar-refractivity contribution in [1.82, 2.24) is 14.5 Å². The van der Waals surface area contributed by atoms with Gasteiger partial charge in [0.1, 0.15) is 18.2 Å². The molecule has 1 aromatic carbocycles. The van der Waals surface area contributed by atoms with Gasteiger partial charge in [0.05, 0.1) is 27.9 Å². The number of hydrogen-bond acceptors (Lipinski definition) is 7. The first-order chi connectivity index (χ1) is 20.9. The van der Waals surface area contributed by atoms with Gasteiger partial charge in [0.2, 0.25) is 0 Å². The number of benzene rings is 1. The zero-order valence-corrected chi connectivity index (χ0v) is 27.0. The number of hydrogen-bond donors (Lipinski definition) is 0. The molecule has 2 aliphatic heterocycles. The summed E-state index contributed by atoms with van der Waals surface area (Å²) in [6.45, 7) is 9.49. The molecular weight excluding hydrogens is 629 g/mol. The fourth-order valence-electron chi connectivity index (χ4n) is 5.74. The minimum absolute atomic E-state index is 0.0447. The number of alkyl halides is 3. The second kappa shape index (κ2) is 11.9. The molecule has 0 aliphatic carbocycles. The van der Waals surface area contributed by atoms with Crippen LogP contribution in [0, 0.1) is 17.8 Å². The zero-order valence-electron chi connectivity index (χ0n) is 24.6. The van der Waals surface area contributed by atoms with E-state index in [4.69, 9.17) is 11.6 Å². The number of fused-ring (bicyclic) bond motifs is 1. The number of rotatable bonds is 7. The van der Waals surface area contributed by atoms with Gasteiger partial charge in [-0.15, -0.1) is 27.8 Å². The second-order valence-electron chi connectivity index (χ2n) is 11.9. The van der Waals surface area contributed by atoms with Crippen LogP contribution in [0.2, 0.25) is 5.02 Å². The molecule has 0 N–H and O–H groups in total. The lowest BCUT2D eigenvalue weighted by molar-refractivity contribution is -0.442. The summed E-state index contributed by atoms with van der Waals surface area (Å²) in [5.74, 6) is 1.50. The van der Waals surface area contributed by atoms with Crippen molar-refractivity contribution in [3.8, 4) is 10.4 Å². The van der Waals surface area contributed by atoms with Crippen molar-refractivity contribution in [3.05, 3.63) is 62.5 Å². The lowest BCUT2D eigenvalue weighted by Gasteiger charge is -2.29. The average molecular weight is 660 g/mol. The van der Waals surface area contributed by atoms with Gasteiger partial charge in [-0.1, -0.05) is 44.4 Å². The van der Waals surface area contributed by atoms with Crippen LogP contribution in [-0.2, 0) is 12.7 Å². The number of thioether (sulfide) groups is 1. The standard InChI is InChI=1S/C31H31ClF3N6OS2/c1-17(2)11-39(12-18(3)4)29-22-9-23(31(33,34)35)25(24-8-21(32)16-43-24)27-26(22)40(30(42)38-29)13-19(15-44-27)14-41-28-20(10-37-41)6-5-7-36-28/h5-10,14,16-19H,11-13,15H2,1-4H3/q+1/b41-14-. The summed E-state index contributed by atoms with van der Waals surface area (Å²) in [6.07, 6.45) is 0.620. The molecule has 0 bridgehead atoms. The summed E-state index contributed by atoms with van der Waals surface area (Å²) in [5.41, 5.74) is 0.113. The lowest BCUT2D eigenvalue weighted by Crippen LogP contribution is -2.36. The number of hydrazone groups is 1. The van der Waals surface area contributed by atoms with Gasteiger partial charge in [-0.05, 0) is 41.1 Å². The van der Waals surface area contributed by atoms with Gasteiger partial charge in [-0.3, -0.25) is 4.57 Å². The number of halogens is 4. The quantitative estimate of drug-likeness (QED) is 0.190. The first-order valence-electron chi connectivity index (χ1n) is 14.3. The van der Waals surface area contributed by atoms with Crippen molar-refractivity contribution < 1.29 is 17.9 Å². The van der Waals surface area contributed by atoms with E-state index in [1.54, 1.807) is 28.5 Å². The van der Waals surface area contributed by atoms with E-state index >= 15 is 0 Å². The van der Waals surface area contributed by atoms with Crippen LogP contribution in [0.5, 0.6) is 0 Å². The van der Waals surface area contributed by atoms with Gasteiger partial charge in [-0.25, -0.2) is 4.79 Å². The van der Waals surface area contributed by atoms with Crippen molar-refractivity contribution in [2.45, 2.75) is 45.3 Å². The minimum atomic E-state index is -4.66. The molecule has 1 atom stereocenters. The largest absolute Gasteiger partial charge is 0.417 e. The van der Waals surface area contributed by atoms with Gasteiger partial charge in [0.25, 0.3) is 0 Å². The van der Waals surface area contributed by atoms with E-state index < -0.39 is 17.4 Å². The van der Waals surface area contributed by atoms with Crippen molar-refractivity contribution >= 4 is 69.7 Å². The van der Waals surface area contributed by atoms with Gasteiger partial charge in [-0.2, -0.15) is 18.2 Å². The molecule has 0 saturated carbocycles. The van der Waals surface area contributed by atoms with Gasteiger partial charge in [0, 0.05) is 57.4 Å². The second-order valence-corrected chi connectivity index (χ2v) is 14.3. The predicted octanol–water partition coefficient (Wildman–Crippen LogP) is 7.80. The molecule has 0 spiro atoms. The van der Waals surface area contributed by atoms with Crippen LogP contribution >= 0.6 is 34.7 Å². The lowest BCUT2D eigenvalue weighted by atomic mass is 10.0. The van der Waals surface area contributed by atoms with E-state index in [-0.39, 0.29) is 35.7 Å². The highest BCUT2D eigenvalue weighted by Crippen LogP contribution is 2.50. The third-order valence-electron chi connectivity index (χ3n) is 7.35. The number of anilines is 1. The van der Waals surface area contributed by atoms with Crippen LogP contribution in [0.25, 0.3) is 21.3 Å². The molecule has 0 saturated heterocycles. The monoisotopic (exact) mass is 659 g/mol. The van der Waals surface area contributed by atoms with Crippen LogP contribution in [0.4, 0.5) is 24.8 Å². The summed E-state index contributed by atoms with van der Waals surface area (Å²) < 4.78 is 48.1.